The summed E-state index contributed by atoms with van der Waals surface area (Å²) in [6.45, 7) is 2.44. The Balaban J connectivity index is 1.44. The van der Waals surface area contributed by atoms with Gasteiger partial charge < -0.3 is 15.3 Å². The number of nitro groups is 1. The van der Waals surface area contributed by atoms with E-state index in [1.54, 1.807) is 0 Å². The highest BCUT2D eigenvalue weighted by molar-refractivity contribution is 5.91. The topological polar surface area (TPSA) is 95.7 Å². The molecule has 1 amide bonds. The molecule has 2 N–H and O–H groups in total. The maximum absolute atomic E-state index is 11.9. The number of fused-ring (bicyclic) bond motifs is 1. The van der Waals surface area contributed by atoms with Crippen molar-refractivity contribution >= 4 is 23.4 Å². The second-order valence-corrected chi connectivity index (χ2v) is 6.35. The zero-order valence-corrected chi connectivity index (χ0v) is 14.8. The summed E-state index contributed by atoms with van der Waals surface area (Å²) < 4.78 is 0. The van der Waals surface area contributed by atoms with Crippen LogP contribution >= 0.6 is 0 Å². The highest BCUT2D eigenvalue weighted by Gasteiger charge is 2.17. The molecule has 0 aromatic heterocycles. The van der Waals surface area contributed by atoms with Gasteiger partial charge in [0.25, 0.3) is 0 Å². The van der Waals surface area contributed by atoms with Crippen molar-refractivity contribution < 1.29 is 14.8 Å². The Labute approximate surface area is 157 Å². The first-order chi connectivity index (χ1) is 13.0. The van der Waals surface area contributed by atoms with Crippen LogP contribution in [0.4, 0.5) is 11.4 Å². The molecule has 0 unspecified atom stereocenters. The molecule has 27 heavy (non-hydrogen) atoms. The van der Waals surface area contributed by atoms with Crippen molar-refractivity contribution in [2.75, 3.05) is 24.5 Å². The van der Waals surface area contributed by atoms with Crippen LogP contribution in [-0.4, -0.2) is 35.6 Å². The van der Waals surface area contributed by atoms with Gasteiger partial charge in [-0.3, -0.25) is 14.9 Å². The number of carbonyl (C=O) groups excluding carboxylic acids is 1. The lowest BCUT2D eigenvalue weighted by Gasteiger charge is -2.19. The first-order valence-electron chi connectivity index (χ1n) is 8.81. The number of hydrogen-bond donors (Lipinski definition) is 2. The third-order valence-corrected chi connectivity index (χ3v) is 4.51. The zero-order valence-electron chi connectivity index (χ0n) is 14.8. The molecule has 0 atom stereocenters. The molecular formula is C20H21N3O4. The lowest BCUT2D eigenvalue weighted by molar-refractivity contribution is -0.385. The number of nitrogens with one attached hydrogen (secondary N) is 1. The van der Waals surface area contributed by atoms with E-state index in [1.807, 2.05) is 6.07 Å². The minimum absolute atomic E-state index is 0.257. The second-order valence-electron chi connectivity index (χ2n) is 6.35. The number of aromatic hydroxyl groups is 1. The van der Waals surface area contributed by atoms with Crippen LogP contribution in [-0.2, 0) is 11.2 Å². The Kier molecular flexibility index (Phi) is 5.71. The van der Waals surface area contributed by atoms with Crippen molar-refractivity contribution in [2.45, 2.75) is 12.8 Å². The third kappa shape index (κ3) is 4.63. The lowest BCUT2D eigenvalue weighted by Crippen LogP contribution is -2.28. The van der Waals surface area contributed by atoms with Gasteiger partial charge in [-0.25, -0.2) is 0 Å². The van der Waals surface area contributed by atoms with Gasteiger partial charge in [0, 0.05) is 37.5 Å². The van der Waals surface area contributed by atoms with E-state index in [4.69, 9.17) is 0 Å². The molecular weight excluding hydrogens is 346 g/mol. The third-order valence-electron chi connectivity index (χ3n) is 4.51. The highest BCUT2D eigenvalue weighted by atomic mass is 16.6. The molecule has 0 saturated carbocycles. The van der Waals surface area contributed by atoms with Crippen LogP contribution in [0, 0.1) is 10.1 Å². The van der Waals surface area contributed by atoms with Gasteiger partial charge in [-0.15, -0.1) is 0 Å². The minimum atomic E-state index is -0.663. The van der Waals surface area contributed by atoms with Crippen LogP contribution in [0.5, 0.6) is 5.75 Å². The van der Waals surface area contributed by atoms with Gasteiger partial charge in [-0.05, 0) is 42.2 Å². The number of anilines is 1. The number of benzene rings is 2. The summed E-state index contributed by atoms with van der Waals surface area (Å²) in [5, 5.41) is 23.1. The van der Waals surface area contributed by atoms with E-state index < -0.39 is 10.7 Å². The Bertz CT molecular complexity index is 879. The summed E-state index contributed by atoms with van der Waals surface area (Å²) in [6.07, 6.45) is 4.71. The number of para-hydroxylation sites is 1. The molecule has 7 heteroatoms. The fraction of sp³-hybridized carbons (Fsp3) is 0.250. The number of nitrogens with zero attached hydrogens (tertiary/aromatic N) is 2. The summed E-state index contributed by atoms with van der Waals surface area (Å²) in [5.74, 6) is -0.655. The van der Waals surface area contributed by atoms with Gasteiger partial charge in [0.15, 0.2) is 5.75 Å². The Morgan fingerprint density at radius 1 is 1.30 bits per heavy atom. The average Bonchev–Trinajstić information content (AvgIpc) is 3.07. The SMILES string of the molecule is O=C(/C=C/c1ccc(O)c([N+](=O)[O-])c1)NCCCN1CCc2ccccc21. The van der Waals surface area contributed by atoms with Crippen LogP contribution < -0.4 is 10.2 Å². The van der Waals surface area contributed by atoms with Crippen molar-refractivity contribution in [3.8, 4) is 5.75 Å². The van der Waals surface area contributed by atoms with E-state index in [0.29, 0.717) is 12.1 Å². The highest BCUT2D eigenvalue weighted by Crippen LogP contribution is 2.27. The molecule has 0 fully saturated rings. The maximum Gasteiger partial charge on any atom is 0.311 e. The molecule has 0 aliphatic carbocycles. The van der Waals surface area contributed by atoms with Crippen molar-refractivity contribution in [1.82, 2.24) is 5.32 Å². The van der Waals surface area contributed by atoms with E-state index in [-0.39, 0.29) is 11.6 Å². The van der Waals surface area contributed by atoms with Crippen LogP contribution in [0.25, 0.3) is 6.08 Å². The summed E-state index contributed by atoms with van der Waals surface area (Å²) in [6, 6.07) is 12.3. The van der Waals surface area contributed by atoms with E-state index in [2.05, 4.69) is 28.4 Å². The molecule has 2 aromatic carbocycles. The first-order valence-corrected chi connectivity index (χ1v) is 8.81. The van der Waals surface area contributed by atoms with E-state index in [0.717, 1.165) is 25.9 Å². The number of rotatable bonds is 7. The molecule has 140 valence electrons. The summed E-state index contributed by atoms with van der Waals surface area (Å²) in [4.78, 5) is 24.4. The molecule has 2 aromatic rings. The van der Waals surface area contributed by atoms with Crippen LogP contribution in [0.3, 0.4) is 0 Å². The number of phenols is 1. The van der Waals surface area contributed by atoms with Gasteiger partial charge in [0.1, 0.15) is 0 Å². The fourth-order valence-corrected chi connectivity index (χ4v) is 3.14. The lowest BCUT2D eigenvalue weighted by atomic mass is 10.1. The Morgan fingerprint density at radius 3 is 2.93 bits per heavy atom. The molecule has 0 radical (unpaired) electrons. The van der Waals surface area contributed by atoms with Gasteiger partial charge in [-0.1, -0.05) is 24.3 Å². The monoisotopic (exact) mass is 367 g/mol. The van der Waals surface area contributed by atoms with E-state index in [1.165, 1.54) is 41.6 Å². The number of hydrogen-bond acceptors (Lipinski definition) is 5. The smallest absolute Gasteiger partial charge is 0.311 e. The molecule has 3 rings (SSSR count). The Morgan fingerprint density at radius 2 is 2.11 bits per heavy atom. The normalized spacial score (nSPS) is 13.0. The minimum Gasteiger partial charge on any atom is -0.502 e. The molecule has 0 spiro atoms. The van der Waals surface area contributed by atoms with Crippen molar-refractivity contribution in [1.29, 1.82) is 0 Å². The van der Waals surface area contributed by atoms with Crippen LogP contribution in [0.15, 0.2) is 48.5 Å². The molecule has 1 heterocycles. The van der Waals surface area contributed by atoms with Crippen molar-refractivity contribution in [2.24, 2.45) is 0 Å². The van der Waals surface area contributed by atoms with Gasteiger partial charge >= 0.3 is 5.69 Å². The number of amides is 1. The Hall–Kier alpha value is -3.35. The first kappa shape index (κ1) is 18.4. The quantitative estimate of drug-likeness (QED) is 0.340. The molecule has 0 saturated heterocycles. The number of nitro benzene ring substituents is 1. The van der Waals surface area contributed by atoms with Crippen molar-refractivity contribution in [3.63, 3.8) is 0 Å². The van der Waals surface area contributed by atoms with Crippen LogP contribution in [0.1, 0.15) is 17.5 Å². The largest absolute Gasteiger partial charge is 0.502 e. The summed E-state index contributed by atoms with van der Waals surface area (Å²) in [7, 11) is 0. The zero-order chi connectivity index (χ0) is 19.2. The summed E-state index contributed by atoms with van der Waals surface area (Å²) >= 11 is 0. The predicted octanol–water partition coefficient (Wildman–Crippen LogP) is 2.88. The second kappa shape index (κ2) is 8.35. The molecule has 1 aliphatic heterocycles. The summed E-state index contributed by atoms with van der Waals surface area (Å²) in [5.41, 5.74) is 2.73. The maximum atomic E-state index is 11.9. The van der Waals surface area contributed by atoms with Crippen molar-refractivity contribution in [3.05, 3.63) is 69.8 Å². The van der Waals surface area contributed by atoms with E-state index in [9.17, 15) is 20.0 Å². The molecule has 7 nitrogen and oxygen atoms in total. The fourth-order valence-electron chi connectivity index (χ4n) is 3.14. The predicted molar refractivity (Wildman–Crippen MR) is 104 cm³/mol. The number of phenolic OH excluding ortho intramolecular Hbond substituents is 1. The van der Waals surface area contributed by atoms with Gasteiger partial charge in [0.2, 0.25) is 5.91 Å². The van der Waals surface area contributed by atoms with Gasteiger partial charge in [0.05, 0.1) is 4.92 Å². The number of carbonyl (C=O) groups is 1. The van der Waals surface area contributed by atoms with Gasteiger partial charge in [-0.2, -0.15) is 0 Å². The van der Waals surface area contributed by atoms with Crippen LogP contribution in [0.2, 0.25) is 0 Å². The standard InChI is InChI=1S/C20H21N3O4/c24-19-8-6-15(14-18(19)23(26)27)7-9-20(25)21-11-3-12-22-13-10-16-4-1-2-5-17(16)22/h1-2,4-9,14,24H,3,10-13H2,(H,21,25)/b9-7+. The molecule has 1 aliphatic rings. The average molecular weight is 367 g/mol. The van der Waals surface area contributed by atoms with E-state index >= 15 is 0 Å². The molecule has 0 bridgehead atoms.